The number of amides is 1. The molecule has 0 saturated carbocycles. The van der Waals surface area contributed by atoms with Gasteiger partial charge in [0.1, 0.15) is 18.0 Å². The average Bonchev–Trinajstić information content (AvgIpc) is 3.08. The zero-order valence-electron chi connectivity index (χ0n) is 15.0. The lowest BCUT2D eigenvalue weighted by Crippen LogP contribution is -2.44. The molecule has 0 unspecified atom stereocenters. The number of hydrogen-bond acceptors (Lipinski definition) is 5. The molecule has 7 heteroatoms. The number of carbonyl (C=O) groups is 1. The first-order valence-corrected chi connectivity index (χ1v) is 9.23. The van der Waals surface area contributed by atoms with Crippen LogP contribution in [0.4, 0.5) is 4.39 Å². The smallest absolute Gasteiger partial charge is 0.229 e. The topological polar surface area (TPSA) is 64.6 Å². The molecule has 6 nitrogen and oxygen atoms in total. The second-order valence-corrected chi connectivity index (χ2v) is 6.95. The summed E-state index contributed by atoms with van der Waals surface area (Å²) in [5, 5.41) is 0. The number of halogens is 1. The normalized spacial score (nSPS) is 24.6. The molecule has 1 amide bonds. The third kappa shape index (κ3) is 4.14. The fourth-order valence-corrected chi connectivity index (χ4v) is 3.80. The Morgan fingerprint density at radius 3 is 3.04 bits per heavy atom. The monoisotopic (exact) mass is 371 g/mol. The van der Waals surface area contributed by atoms with Crippen molar-refractivity contribution in [1.29, 1.82) is 0 Å². The summed E-state index contributed by atoms with van der Waals surface area (Å²) in [5.74, 6) is -0.431. The van der Waals surface area contributed by atoms with Gasteiger partial charge in [-0.25, -0.2) is 4.39 Å². The van der Waals surface area contributed by atoms with Crippen molar-refractivity contribution in [2.75, 3.05) is 13.2 Å². The summed E-state index contributed by atoms with van der Waals surface area (Å²) >= 11 is 0. The molecule has 3 atom stereocenters. The van der Waals surface area contributed by atoms with E-state index in [1.54, 1.807) is 18.5 Å². The predicted molar refractivity (Wildman–Crippen MR) is 95.2 cm³/mol. The van der Waals surface area contributed by atoms with Crippen LogP contribution < -0.4 is 0 Å². The van der Waals surface area contributed by atoms with Gasteiger partial charge >= 0.3 is 0 Å². The lowest BCUT2D eigenvalue weighted by Gasteiger charge is -2.32. The number of fused-ring (bicyclic) bond motifs is 1. The van der Waals surface area contributed by atoms with E-state index in [0.29, 0.717) is 25.5 Å². The van der Waals surface area contributed by atoms with Crippen LogP contribution in [0.25, 0.3) is 0 Å². The van der Waals surface area contributed by atoms with E-state index in [-0.39, 0.29) is 30.6 Å². The fraction of sp³-hybridized carbons (Fsp3) is 0.450. The molecule has 4 rings (SSSR count). The largest absolute Gasteiger partial charge is 0.373 e. The van der Waals surface area contributed by atoms with Gasteiger partial charge in [-0.1, -0.05) is 6.07 Å². The van der Waals surface area contributed by atoms with E-state index < -0.39 is 5.82 Å². The predicted octanol–water partition coefficient (Wildman–Crippen LogP) is 2.13. The molecule has 0 aliphatic carbocycles. The molecular formula is C20H22FN3O3. The third-order valence-electron chi connectivity index (χ3n) is 5.11. The molecule has 142 valence electrons. The molecule has 0 N–H and O–H groups in total. The van der Waals surface area contributed by atoms with Gasteiger partial charge in [-0.3, -0.25) is 14.8 Å². The highest BCUT2D eigenvalue weighted by atomic mass is 19.1. The van der Waals surface area contributed by atoms with Crippen molar-refractivity contribution in [1.82, 2.24) is 14.9 Å². The van der Waals surface area contributed by atoms with Crippen LogP contribution in [0.5, 0.6) is 0 Å². The molecule has 2 aliphatic heterocycles. The number of rotatable bonds is 5. The summed E-state index contributed by atoms with van der Waals surface area (Å²) in [5.41, 5.74) is 1.56. The number of pyridine rings is 2. The van der Waals surface area contributed by atoms with Gasteiger partial charge in [-0.2, -0.15) is 0 Å². The SMILES string of the molecule is O=C(Cc1ccc(F)cn1)N1C[C@H](OCc2cccnc2)[C@H]2OCCC[C@H]21. The Bertz CT molecular complexity index is 772. The van der Waals surface area contributed by atoms with Crippen LogP contribution >= 0.6 is 0 Å². The van der Waals surface area contributed by atoms with Crippen LogP contribution in [-0.4, -0.2) is 52.2 Å². The highest BCUT2D eigenvalue weighted by molar-refractivity contribution is 5.79. The van der Waals surface area contributed by atoms with Crippen LogP contribution in [0.3, 0.4) is 0 Å². The summed E-state index contributed by atoms with van der Waals surface area (Å²) in [6, 6.07) is 6.73. The number of likely N-dealkylation sites (tertiary alicyclic amines) is 1. The quantitative estimate of drug-likeness (QED) is 0.806. The van der Waals surface area contributed by atoms with Crippen LogP contribution in [0, 0.1) is 5.82 Å². The number of nitrogens with zero attached hydrogens (tertiary/aromatic N) is 3. The van der Waals surface area contributed by atoms with Crippen molar-refractivity contribution in [2.45, 2.75) is 44.1 Å². The highest BCUT2D eigenvalue weighted by Crippen LogP contribution is 2.31. The molecule has 2 fully saturated rings. The summed E-state index contributed by atoms with van der Waals surface area (Å²) < 4.78 is 25.1. The molecule has 0 bridgehead atoms. The third-order valence-corrected chi connectivity index (χ3v) is 5.11. The van der Waals surface area contributed by atoms with E-state index in [0.717, 1.165) is 24.6 Å². The first kappa shape index (κ1) is 18.0. The lowest BCUT2D eigenvalue weighted by atomic mass is 10.0. The summed E-state index contributed by atoms with van der Waals surface area (Å²) in [4.78, 5) is 22.8. The minimum Gasteiger partial charge on any atom is -0.373 e. The molecule has 2 aliphatic rings. The van der Waals surface area contributed by atoms with Gasteiger partial charge in [0.05, 0.1) is 25.3 Å². The average molecular weight is 371 g/mol. The van der Waals surface area contributed by atoms with E-state index in [4.69, 9.17) is 9.47 Å². The minimum atomic E-state index is -0.406. The molecule has 2 aromatic heterocycles. The number of hydrogen-bond donors (Lipinski definition) is 0. The van der Waals surface area contributed by atoms with Gasteiger partial charge in [-0.05, 0) is 36.6 Å². The minimum absolute atomic E-state index is 0.0191. The molecule has 4 heterocycles. The van der Waals surface area contributed by atoms with Gasteiger partial charge in [0.25, 0.3) is 0 Å². The van der Waals surface area contributed by atoms with Crippen LogP contribution in [0.15, 0.2) is 42.9 Å². The highest BCUT2D eigenvalue weighted by Gasteiger charge is 2.46. The zero-order valence-corrected chi connectivity index (χ0v) is 15.0. The van der Waals surface area contributed by atoms with E-state index in [1.807, 2.05) is 17.0 Å². The van der Waals surface area contributed by atoms with Crippen LogP contribution in [0.2, 0.25) is 0 Å². The van der Waals surface area contributed by atoms with Crippen LogP contribution in [0.1, 0.15) is 24.1 Å². The molecule has 0 spiro atoms. The molecule has 2 saturated heterocycles. The Morgan fingerprint density at radius 2 is 2.26 bits per heavy atom. The van der Waals surface area contributed by atoms with Gasteiger partial charge in [0.15, 0.2) is 0 Å². The van der Waals surface area contributed by atoms with E-state index in [1.165, 1.54) is 6.07 Å². The van der Waals surface area contributed by atoms with Gasteiger partial charge in [-0.15, -0.1) is 0 Å². The number of ether oxygens (including phenoxy) is 2. The molecular weight excluding hydrogens is 349 g/mol. The lowest BCUT2D eigenvalue weighted by molar-refractivity contribution is -0.134. The van der Waals surface area contributed by atoms with Crippen LogP contribution in [-0.2, 0) is 27.3 Å². The standard InChI is InChI=1S/C20H22FN3O3/c21-15-5-6-16(23-11-15)9-19(25)24-12-18(20-17(24)4-2-8-26-20)27-13-14-3-1-7-22-10-14/h1,3,5-7,10-11,17-18,20H,2,4,8-9,12-13H2/t17-,18+,20+/m1/s1. The zero-order chi connectivity index (χ0) is 18.6. The summed E-state index contributed by atoms with van der Waals surface area (Å²) in [6.45, 7) is 1.62. The van der Waals surface area contributed by atoms with Crippen molar-refractivity contribution in [3.05, 3.63) is 59.9 Å². The molecule has 0 aromatic carbocycles. The Morgan fingerprint density at radius 1 is 1.33 bits per heavy atom. The first-order valence-electron chi connectivity index (χ1n) is 9.23. The molecule has 27 heavy (non-hydrogen) atoms. The molecule has 0 radical (unpaired) electrons. The summed E-state index contributed by atoms with van der Waals surface area (Å²) in [7, 11) is 0. The number of aromatic nitrogens is 2. The maximum atomic E-state index is 13.0. The molecule has 2 aromatic rings. The van der Waals surface area contributed by atoms with Crippen molar-refractivity contribution in [2.24, 2.45) is 0 Å². The maximum Gasteiger partial charge on any atom is 0.229 e. The fourth-order valence-electron chi connectivity index (χ4n) is 3.80. The van der Waals surface area contributed by atoms with E-state index in [2.05, 4.69) is 9.97 Å². The Balaban J connectivity index is 1.42. The Kier molecular flexibility index (Phi) is 5.40. The maximum absolute atomic E-state index is 13.0. The Hall–Kier alpha value is -2.38. The van der Waals surface area contributed by atoms with E-state index in [9.17, 15) is 9.18 Å². The van der Waals surface area contributed by atoms with Gasteiger partial charge < -0.3 is 14.4 Å². The van der Waals surface area contributed by atoms with Crippen molar-refractivity contribution in [3.8, 4) is 0 Å². The Labute approximate surface area is 157 Å². The van der Waals surface area contributed by atoms with Crippen molar-refractivity contribution in [3.63, 3.8) is 0 Å². The van der Waals surface area contributed by atoms with Crippen molar-refractivity contribution >= 4 is 5.91 Å². The second-order valence-electron chi connectivity index (χ2n) is 6.95. The van der Waals surface area contributed by atoms with Gasteiger partial charge in [0, 0.05) is 31.2 Å². The first-order chi connectivity index (χ1) is 13.2. The second kappa shape index (κ2) is 8.10. The van der Waals surface area contributed by atoms with Crippen molar-refractivity contribution < 1.29 is 18.7 Å². The number of carbonyl (C=O) groups excluding carboxylic acids is 1. The van der Waals surface area contributed by atoms with Gasteiger partial charge in [0.2, 0.25) is 5.91 Å². The van der Waals surface area contributed by atoms with E-state index >= 15 is 0 Å². The summed E-state index contributed by atoms with van der Waals surface area (Å²) in [6.07, 6.45) is 6.34.